The molecule has 0 radical (unpaired) electrons. The first kappa shape index (κ1) is 16.1. The van der Waals surface area contributed by atoms with Gasteiger partial charge < -0.3 is 10.0 Å². The maximum atomic E-state index is 12.1. The number of carbonyl (C=O) groups excluding carboxylic acids is 1. The Morgan fingerprint density at radius 1 is 1.30 bits per heavy atom. The maximum absolute atomic E-state index is 12.1. The smallest absolute Gasteiger partial charge is 0.358 e. The number of carboxylic acids is 1. The summed E-state index contributed by atoms with van der Waals surface area (Å²) >= 11 is 0. The molecule has 0 aromatic carbocycles. The third-order valence-corrected chi connectivity index (χ3v) is 3.09. The lowest BCUT2D eigenvalue weighted by atomic mass is 10.1. The number of hydrogen-bond acceptors (Lipinski definition) is 4. The number of rotatable bonds is 6. The molecule has 0 atom stereocenters. The van der Waals surface area contributed by atoms with E-state index in [0.717, 1.165) is 0 Å². The van der Waals surface area contributed by atoms with E-state index in [1.165, 1.54) is 4.68 Å². The van der Waals surface area contributed by atoms with Crippen LogP contribution < -0.4 is 0 Å². The number of nitrogens with zero attached hydrogens (tertiary/aromatic N) is 4. The molecule has 1 N–H and O–H groups in total. The van der Waals surface area contributed by atoms with E-state index >= 15 is 0 Å². The fourth-order valence-electron chi connectivity index (χ4n) is 1.74. The molecule has 0 aliphatic carbocycles. The first-order valence-corrected chi connectivity index (χ1v) is 6.65. The summed E-state index contributed by atoms with van der Waals surface area (Å²) in [6, 6.07) is 0.0820. The zero-order valence-electron chi connectivity index (χ0n) is 12.6. The largest absolute Gasteiger partial charge is 0.476 e. The first-order valence-electron chi connectivity index (χ1n) is 6.65. The van der Waals surface area contributed by atoms with E-state index < -0.39 is 5.97 Å². The Kier molecular flexibility index (Phi) is 5.24. The lowest BCUT2D eigenvalue weighted by Crippen LogP contribution is -2.36. The van der Waals surface area contributed by atoms with Crippen molar-refractivity contribution in [2.75, 3.05) is 7.05 Å². The lowest BCUT2D eigenvalue weighted by molar-refractivity contribution is -0.132. The molecular formula is C13H22N4O3. The summed E-state index contributed by atoms with van der Waals surface area (Å²) in [7, 11) is 1.71. The number of aromatic carboxylic acids is 1. The molecule has 1 heterocycles. The van der Waals surface area contributed by atoms with Gasteiger partial charge in [0.1, 0.15) is 6.54 Å². The second-order valence-corrected chi connectivity index (χ2v) is 5.54. The fraction of sp³-hybridized carbons (Fsp3) is 0.692. The van der Waals surface area contributed by atoms with Gasteiger partial charge in [-0.25, -0.2) is 9.48 Å². The summed E-state index contributed by atoms with van der Waals surface area (Å²) in [4.78, 5) is 24.8. The van der Waals surface area contributed by atoms with Crippen LogP contribution in [0.3, 0.4) is 0 Å². The van der Waals surface area contributed by atoms with Gasteiger partial charge >= 0.3 is 5.97 Å². The molecule has 7 nitrogen and oxygen atoms in total. The molecular weight excluding hydrogens is 260 g/mol. The van der Waals surface area contributed by atoms with Gasteiger partial charge in [-0.3, -0.25) is 4.79 Å². The average molecular weight is 282 g/mol. The van der Waals surface area contributed by atoms with Gasteiger partial charge in [-0.05, 0) is 26.2 Å². The van der Waals surface area contributed by atoms with Crippen LogP contribution in [0.25, 0.3) is 0 Å². The van der Waals surface area contributed by atoms with Gasteiger partial charge in [-0.2, -0.15) is 0 Å². The van der Waals surface area contributed by atoms with E-state index in [-0.39, 0.29) is 30.1 Å². The third-order valence-electron chi connectivity index (χ3n) is 3.09. The minimum absolute atomic E-state index is 0.0109. The van der Waals surface area contributed by atoms with Crippen molar-refractivity contribution in [2.45, 2.75) is 46.7 Å². The van der Waals surface area contributed by atoms with Crippen LogP contribution in [-0.2, 0) is 17.8 Å². The van der Waals surface area contributed by atoms with Crippen molar-refractivity contribution in [1.82, 2.24) is 19.9 Å². The Morgan fingerprint density at radius 2 is 1.90 bits per heavy atom. The van der Waals surface area contributed by atoms with Crippen LogP contribution in [-0.4, -0.2) is 50.0 Å². The third kappa shape index (κ3) is 3.79. The molecule has 1 amide bonds. The summed E-state index contributed by atoms with van der Waals surface area (Å²) in [5.74, 6) is -0.980. The second-order valence-electron chi connectivity index (χ2n) is 5.54. The molecule has 0 fully saturated rings. The molecule has 0 aliphatic rings. The Balaban J connectivity index is 3.00. The predicted molar refractivity (Wildman–Crippen MR) is 73.4 cm³/mol. The normalized spacial score (nSPS) is 11.2. The van der Waals surface area contributed by atoms with Gasteiger partial charge in [0, 0.05) is 13.1 Å². The minimum atomic E-state index is -1.11. The van der Waals surface area contributed by atoms with Crippen LogP contribution in [0, 0.1) is 5.92 Å². The number of aromatic nitrogens is 3. The summed E-state index contributed by atoms with van der Waals surface area (Å²) in [5.41, 5.74) is 0.428. The van der Waals surface area contributed by atoms with E-state index in [9.17, 15) is 9.59 Å². The molecule has 0 bridgehead atoms. The van der Waals surface area contributed by atoms with Gasteiger partial charge in [-0.1, -0.05) is 19.1 Å². The summed E-state index contributed by atoms with van der Waals surface area (Å²) in [6.45, 7) is 7.79. The summed E-state index contributed by atoms with van der Waals surface area (Å²) in [6.07, 6.45) is 0.521. The zero-order valence-corrected chi connectivity index (χ0v) is 12.6. The first-order chi connectivity index (χ1) is 9.23. The quantitative estimate of drug-likeness (QED) is 0.842. The highest BCUT2D eigenvalue weighted by atomic mass is 16.4. The van der Waals surface area contributed by atoms with E-state index in [1.54, 1.807) is 11.9 Å². The number of amides is 1. The molecule has 1 aromatic rings. The van der Waals surface area contributed by atoms with Gasteiger partial charge in [0.25, 0.3) is 0 Å². The molecule has 20 heavy (non-hydrogen) atoms. The van der Waals surface area contributed by atoms with Crippen molar-refractivity contribution in [3.05, 3.63) is 11.4 Å². The van der Waals surface area contributed by atoms with Crippen LogP contribution in [0.4, 0.5) is 0 Å². The van der Waals surface area contributed by atoms with Crippen molar-refractivity contribution in [2.24, 2.45) is 5.92 Å². The Bertz CT molecular complexity index is 494. The maximum Gasteiger partial charge on any atom is 0.358 e. The summed E-state index contributed by atoms with van der Waals surface area (Å²) in [5, 5.41) is 16.6. The molecule has 1 rings (SSSR count). The SMILES string of the molecule is CC(C)Cc1c(C(=O)O)nnn1CC(=O)N(C)C(C)C. The van der Waals surface area contributed by atoms with Gasteiger partial charge in [0.2, 0.25) is 5.91 Å². The summed E-state index contributed by atoms with van der Waals surface area (Å²) < 4.78 is 1.39. The second kappa shape index (κ2) is 6.49. The van der Waals surface area contributed by atoms with Crippen LogP contribution in [0.5, 0.6) is 0 Å². The molecule has 112 valence electrons. The molecule has 0 aliphatic heterocycles. The van der Waals surface area contributed by atoms with E-state index in [2.05, 4.69) is 10.3 Å². The lowest BCUT2D eigenvalue weighted by Gasteiger charge is -2.21. The highest BCUT2D eigenvalue weighted by Gasteiger charge is 2.22. The number of carboxylic acid groups (broad SMARTS) is 1. The van der Waals surface area contributed by atoms with Crippen LogP contribution in [0.2, 0.25) is 0 Å². The Morgan fingerprint density at radius 3 is 2.35 bits per heavy atom. The van der Waals surface area contributed by atoms with Crippen molar-refractivity contribution in [1.29, 1.82) is 0 Å². The Hall–Kier alpha value is -1.92. The van der Waals surface area contributed by atoms with Crippen molar-refractivity contribution >= 4 is 11.9 Å². The number of carbonyl (C=O) groups is 2. The highest BCUT2D eigenvalue weighted by Crippen LogP contribution is 2.12. The minimum Gasteiger partial charge on any atom is -0.476 e. The van der Waals surface area contributed by atoms with Crippen LogP contribution in [0.15, 0.2) is 0 Å². The molecule has 0 spiro atoms. The number of likely N-dealkylation sites (N-methyl/N-ethyl adjacent to an activating group) is 1. The van der Waals surface area contributed by atoms with Gasteiger partial charge in [0.15, 0.2) is 5.69 Å². The van der Waals surface area contributed by atoms with Crippen LogP contribution in [0.1, 0.15) is 43.9 Å². The standard InChI is InChI=1S/C13H22N4O3/c1-8(2)6-10-12(13(19)20)14-15-17(10)7-11(18)16(5)9(3)4/h8-9H,6-7H2,1-5H3,(H,19,20). The van der Waals surface area contributed by atoms with E-state index in [0.29, 0.717) is 12.1 Å². The van der Waals surface area contributed by atoms with Gasteiger partial charge in [0.05, 0.1) is 5.69 Å². The average Bonchev–Trinajstić information content (AvgIpc) is 2.70. The Labute approximate surface area is 118 Å². The predicted octanol–water partition coefficient (Wildman–Crippen LogP) is 1.04. The molecule has 0 saturated heterocycles. The number of hydrogen-bond donors (Lipinski definition) is 1. The molecule has 0 saturated carbocycles. The van der Waals surface area contributed by atoms with Crippen molar-refractivity contribution in [3.63, 3.8) is 0 Å². The highest BCUT2D eigenvalue weighted by molar-refractivity contribution is 5.86. The van der Waals surface area contributed by atoms with E-state index in [1.807, 2.05) is 27.7 Å². The molecule has 1 aromatic heterocycles. The van der Waals surface area contributed by atoms with Crippen LogP contribution >= 0.6 is 0 Å². The van der Waals surface area contributed by atoms with Crippen molar-refractivity contribution in [3.8, 4) is 0 Å². The fourth-order valence-corrected chi connectivity index (χ4v) is 1.74. The van der Waals surface area contributed by atoms with Gasteiger partial charge in [-0.15, -0.1) is 5.10 Å². The van der Waals surface area contributed by atoms with E-state index in [4.69, 9.17) is 5.11 Å². The topological polar surface area (TPSA) is 88.3 Å². The zero-order chi connectivity index (χ0) is 15.4. The monoisotopic (exact) mass is 282 g/mol. The molecule has 7 heteroatoms. The molecule has 0 unspecified atom stereocenters. The van der Waals surface area contributed by atoms with Crippen molar-refractivity contribution < 1.29 is 14.7 Å².